The minimum atomic E-state index is -1.30. The fourth-order valence-electron chi connectivity index (χ4n) is 4.13. The largest absolute Gasteiger partial charge is 0.459 e. The number of nitrogens with zero attached hydrogens (tertiary/aromatic N) is 1. The fourth-order valence-corrected chi connectivity index (χ4v) is 4.13. The molecule has 1 aliphatic carbocycles. The van der Waals surface area contributed by atoms with E-state index in [-0.39, 0.29) is 29.5 Å². The molecule has 0 aliphatic heterocycles. The third-order valence-electron chi connectivity index (χ3n) is 5.75. The van der Waals surface area contributed by atoms with E-state index in [2.05, 4.69) is 5.32 Å². The second-order valence-electron chi connectivity index (χ2n) is 7.92. The Hall–Kier alpha value is -3.48. The van der Waals surface area contributed by atoms with Gasteiger partial charge in [-0.2, -0.15) is 0 Å². The Labute approximate surface area is 185 Å². The number of hydrogen-bond acceptors (Lipinski definition) is 3. The molecule has 0 unspecified atom stereocenters. The van der Waals surface area contributed by atoms with Gasteiger partial charge in [-0.1, -0.05) is 49.2 Å². The molecule has 32 heavy (non-hydrogen) atoms. The van der Waals surface area contributed by atoms with E-state index in [9.17, 15) is 18.4 Å². The van der Waals surface area contributed by atoms with Crippen molar-refractivity contribution in [1.82, 2.24) is 10.2 Å². The zero-order chi connectivity index (χ0) is 22.5. The minimum Gasteiger partial charge on any atom is -0.459 e. The lowest BCUT2D eigenvalue weighted by atomic mass is 10.0. The SMILES string of the molecule is O=C(NC1CCCC1)[C@@H](c1ccccc1F)N(Cc1ccccc1F)C(=O)c1ccco1. The molecule has 0 radical (unpaired) electrons. The van der Waals surface area contributed by atoms with Crippen LogP contribution in [0.1, 0.15) is 53.4 Å². The number of carbonyl (C=O) groups excluding carboxylic acids is 2. The molecule has 0 spiro atoms. The molecule has 1 aromatic heterocycles. The number of rotatable bonds is 7. The Bertz CT molecular complexity index is 1080. The highest BCUT2D eigenvalue weighted by molar-refractivity contribution is 5.96. The molecule has 166 valence electrons. The molecule has 2 aromatic carbocycles. The quantitative estimate of drug-likeness (QED) is 0.565. The highest BCUT2D eigenvalue weighted by Gasteiger charge is 2.36. The van der Waals surface area contributed by atoms with Crippen molar-refractivity contribution in [3.05, 3.63) is 95.4 Å². The Kier molecular flexibility index (Phi) is 6.63. The molecule has 1 fully saturated rings. The van der Waals surface area contributed by atoms with Gasteiger partial charge in [-0.05, 0) is 37.1 Å². The van der Waals surface area contributed by atoms with Gasteiger partial charge >= 0.3 is 0 Å². The average Bonchev–Trinajstić information content (AvgIpc) is 3.50. The second kappa shape index (κ2) is 9.77. The van der Waals surface area contributed by atoms with Gasteiger partial charge in [0.25, 0.3) is 5.91 Å². The molecule has 7 heteroatoms. The highest BCUT2D eigenvalue weighted by atomic mass is 19.1. The number of benzene rings is 2. The van der Waals surface area contributed by atoms with Gasteiger partial charge in [-0.3, -0.25) is 9.59 Å². The van der Waals surface area contributed by atoms with E-state index in [0.29, 0.717) is 0 Å². The minimum absolute atomic E-state index is 0.0173. The summed E-state index contributed by atoms with van der Waals surface area (Å²) in [4.78, 5) is 28.0. The van der Waals surface area contributed by atoms with Crippen molar-refractivity contribution in [1.29, 1.82) is 0 Å². The van der Waals surface area contributed by atoms with Crippen molar-refractivity contribution in [2.24, 2.45) is 0 Å². The molecule has 1 aliphatic rings. The summed E-state index contributed by atoms with van der Waals surface area (Å²) in [5.41, 5.74) is 0.252. The van der Waals surface area contributed by atoms with Crippen molar-refractivity contribution in [3.8, 4) is 0 Å². The van der Waals surface area contributed by atoms with Gasteiger partial charge in [-0.25, -0.2) is 8.78 Å². The van der Waals surface area contributed by atoms with Gasteiger partial charge in [0, 0.05) is 17.2 Å². The molecule has 4 rings (SSSR count). The fraction of sp³-hybridized carbons (Fsp3) is 0.280. The Balaban J connectivity index is 1.77. The van der Waals surface area contributed by atoms with Crippen molar-refractivity contribution in [2.45, 2.75) is 44.3 Å². The highest BCUT2D eigenvalue weighted by Crippen LogP contribution is 2.29. The first kappa shape index (κ1) is 21.7. The Morgan fingerprint density at radius 1 is 0.969 bits per heavy atom. The number of nitrogens with one attached hydrogen (secondary N) is 1. The van der Waals surface area contributed by atoms with Crippen LogP contribution in [0, 0.1) is 11.6 Å². The van der Waals surface area contributed by atoms with Crippen molar-refractivity contribution < 1.29 is 22.8 Å². The van der Waals surface area contributed by atoms with Gasteiger partial charge in [-0.15, -0.1) is 0 Å². The molecule has 2 amide bonds. The van der Waals surface area contributed by atoms with E-state index >= 15 is 0 Å². The van der Waals surface area contributed by atoms with E-state index < -0.39 is 29.5 Å². The Morgan fingerprint density at radius 2 is 1.66 bits per heavy atom. The zero-order valence-corrected chi connectivity index (χ0v) is 17.5. The molecule has 1 heterocycles. The van der Waals surface area contributed by atoms with E-state index in [4.69, 9.17) is 4.42 Å². The van der Waals surface area contributed by atoms with Crippen LogP contribution in [-0.4, -0.2) is 22.8 Å². The summed E-state index contributed by atoms with van der Waals surface area (Å²) in [6.07, 6.45) is 4.99. The summed E-state index contributed by atoms with van der Waals surface area (Å²) in [6, 6.07) is 13.5. The van der Waals surface area contributed by atoms with Gasteiger partial charge in [0.1, 0.15) is 17.7 Å². The lowest BCUT2D eigenvalue weighted by Crippen LogP contribution is -2.46. The predicted octanol–water partition coefficient (Wildman–Crippen LogP) is 5.00. The van der Waals surface area contributed by atoms with Crippen LogP contribution in [-0.2, 0) is 11.3 Å². The van der Waals surface area contributed by atoms with Crippen LogP contribution in [0.3, 0.4) is 0 Å². The Morgan fingerprint density at radius 3 is 2.31 bits per heavy atom. The third-order valence-corrected chi connectivity index (χ3v) is 5.75. The van der Waals surface area contributed by atoms with Crippen LogP contribution in [0.5, 0.6) is 0 Å². The van der Waals surface area contributed by atoms with Gasteiger partial charge < -0.3 is 14.6 Å². The van der Waals surface area contributed by atoms with Crippen molar-refractivity contribution >= 4 is 11.8 Å². The van der Waals surface area contributed by atoms with Crippen LogP contribution in [0.4, 0.5) is 8.78 Å². The van der Waals surface area contributed by atoms with Gasteiger partial charge in [0.15, 0.2) is 5.76 Å². The van der Waals surface area contributed by atoms with E-state index in [1.165, 1.54) is 47.6 Å². The van der Waals surface area contributed by atoms with E-state index in [0.717, 1.165) is 25.7 Å². The zero-order valence-electron chi connectivity index (χ0n) is 17.5. The summed E-state index contributed by atoms with van der Waals surface area (Å²) >= 11 is 0. The molecule has 1 N–H and O–H groups in total. The topological polar surface area (TPSA) is 62.6 Å². The van der Waals surface area contributed by atoms with Crippen LogP contribution >= 0.6 is 0 Å². The van der Waals surface area contributed by atoms with Crippen molar-refractivity contribution in [2.75, 3.05) is 0 Å². The predicted molar refractivity (Wildman–Crippen MR) is 115 cm³/mol. The summed E-state index contributed by atoms with van der Waals surface area (Å²) in [7, 11) is 0. The number of amides is 2. The lowest BCUT2D eigenvalue weighted by molar-refractivity contribution is -0.127. The van der Waals surface area contributed by atoms with Gasteiger partial charge in [0.05, 0.1) is 12.8 Å². The first-order valence-corrected chi connectivity index (χ1v) is 10.7. The smallest absolute Gasteiger partial charge is 0.290 e. The maximum absolute atomic E-state index is 14.9. The normalized spacial score (nSPS) is 14.8. The maximum Gasteiger partial charge on any atom is 0.290 e. The van der Waals surface area contributed by atoms with Crippen molar-refractivity contribution in [3.63, 3.8) is 0 Å². The molecule has 0 saturated heterocycles. The van der Waals surface area contributed by atoms with Crippen LogP contribution in [0.25, 0.3) is 0 Å². The van der Waals surface area contributed by atoms with Gasteiger partial charge in [0.2, 0.25) is 5.91 Å². The van der Waals surface area contributed by atoms with Crippen LogP contribution < -0.4 is 5.32 Å². The summed E-state index contributed by atoms with van der Waals surface area (Å²) in [6.45, 7) is -0.233. The monoisotopic (exact) mass is 438 g/mol. The standard InChI is InChI=1S/C25H24F2N2O3/c26-20-12-5-1-8-17(20)16-29(25(31)22-14-7-15-32-22)23(19-11-4-6-13-21(19)27)24(30)28-18-9-2-3-10-18/h1,4-8,11-15,18,23H,2-3,9-10,16H2,(H,28,30)/t23-/m1/s1. The molecule has 5 nitrogen and oxygen atoms in total. The summed E-state index contributed by atoms with van der Waals surface area (Å²) in [5, 5.41) is 2.96. The number of halogens is 2. The lowest BCUT2D eigenvalue weighted by Gasteiger charge is -2.32. The molecule has 3 aromatic rings. The number of furan rings is 1. The molecule has 1 atom stereocenters. The summed E-state index contributed by atoms with van der Waals surface area (Å²) < 4.78 is 34.6. The van der Waals surface area contributed by atoms with Crippen LogP contribution in [0.2, 0.25) is 0 Å². The molecular formula is C25H24F2N2O3. The first-order chi connectivity index (χ1) is 15.5. The summed E-state index contributed by atoms with van der Waals surface area (Å²) in [5.74, 6) is -2.29. The van der Waals surface area contributed by atoms with E-state index in [1.54, 1.807) is 24.3 Å². The molecule has 0 bridgehead atoms. The number of carbonyl (C=O) groups is 2. The maximum atomic E-state index is 14.9. The molecular weight excluding hydrogens is 414 g/mol. The van der Waals surface area contributed by atoms with Crippen LogP contribution in [0.15, 0.2) is 71.3 Å². The van der Waals surface area contributed by atoms with E-state index in [1.807, 2.05) is 0 Å². The molecule has 1 saturated carbocycles. The number of hydrogen-bond donors (Lipinski definition) is 1. The average molecular weight is 438 g/mol. The third kappa shape index (κ3) is 4.72. The first-order valence-electron chi connectivity index (χ1n) is 10.7. The second-order valence-corrected chi connectivity index (χ2v) is 7.92.